The number of halogens is 3. The fraction of sp³-hybridized carbons (Fsp3) is 0.208. The van der Waals surface area contributed by atoms with Crippen LogP contribution in [0.1, 0.15) is 22.6 Å². The summed E-state index contributed by atoms with van der Waals surface area (Å²) in [6.45, 7) is 1.43. The molecule has 0 spiro atoms. The molecular formula is C24H20BrF2N3O3S2. The van der Waals surface area contributed by atoms with Gasteiger partial charge in [0.1, 0.15) is 23.7 Å². The summed E-state index contributed by atoms with van der Waals surface area (Å²) in [5.74, 6) is -3.63. The molecule has 3 amide bonds. The van der Waals surface area contributed by atoms with Crippen LogP contribution in [0, 0.1) is 11.6 Å². The van der Waals surface area contributed by atoms with Gasteiger partial charge in [-0.05, 0) is 64.8 Å². The van der Waals surface area contributed by atoms with Crippen molar-refractivity contribution in [3.63, 3.8) is 0 Å². The Bertz CT molecular complexity index is 1280. The molecule has 1 aliphatic rings. The van der Waals surface area contributed by atoms with E-state index in [9.17, 15) is 23.2 Å². The van der Waals surface area contributed by atoms with E-state index in [4.69, 9.17) is 5.73 Å². The van der Waals surface area contributed by atoms with E-state index in [1.807, 2.05) is 24.3 Å². The monoisotopic (exact) mass is 579 g/mol. The van der Waals surface area contributed by atoms with Gasteiger partial charge in [0.05, 0.1) is 21.1 Å². The van der Waals surface area contributed by atoms with E-state index in [1.54, 1.807) is 12.1 Å². The lowest BCUT2D eigenvalue weighted by Gasteiger charge is -2.37. The minimum absolute atomic E-state index is 0.0783. The molecule has 0 saturated carbocycles. The zero-order valence-electron chi connectivity index (χ0n) is 18.3. The molecule has 0 bridgehead atoms. The van der Waals surface area contributed by atoms with Crippen molar-refractivity contribution in [2.75, 3.05) is 5.32 Å². The van der Waals surface area contributed by atoms with E-state index < -0.39 is 53.1 Å². The van der Waals surface area contributed by atoms with Crippen LogP contribution < -0.4 is 11.1 Å². The molecule has 0 saturated heterocycles. The Kier molecular flexibility index (Phi) is 7.58. The number of benzene rings is 2. The van der Waals surface area contributed by atoms with Crippen molar-refractivity contribution in [2.24, 2.45) is 5.73 Å². The first-order valence-electron chi connectivity index (χ1n) is 10.5. The summed E-state index contributed by atoms with van der Waals surface area (Å²) in [6.07, 6.45) is -0.422. The first kappa shape index (κ1) is 25.3. The standard InChI is InChI=1S/C24H20BrF2N3O3S2/c1-12(23(28)32)30(20(31)10-13-8-14(26)11-15(27)9-13)21-22(18-6-7-19(25)34-18)35-17-5-3-2-4-16(17)29-24(21)33/h2-9,11-12,21-22H,10H2,1H3,(H2,28,32)(H,29,33)/t12-,21-,22+/m0/s1. The van der Waals surface area contributed by atoms with Crippen LogP contribution >= 0.6 is 39.0 Å². The Morgan fingerprint density at radius 1 is 1.14 bits per heavy atom. The highest BCUT2D eigenvalue weighted by Crippen LogP contribution is 2.48. The van der Waals surface area contributed by atoms with E-state index in [0.29, 0.717) is 11.8 Å². The number of hydrogen-bond donors (Lipinski definition) is 2. The summed E-state index contributed by atoms with van der Waals surface area (Å²) in [5, 5.41) is 2.28. The van der Waals surface area contributed by atoms with Crippen molar-refractivity contribution in [1.29, 1.82) is 0 Å². The molecule has 1 aliphatic heterocycles. The van der Waals surface area contributed by atoms with Crippen LogP contribution in [0.15, 0.2) is 63.3 Å². The Labute approximate surface area is 217 Å². The van der Waals surface area contributed by atoms with E-state index in [1.165, 1.54) is 30.0 Å². The molecule has 3 atom stereocenters. The van der Waals surface area contributed by atoms with Crippen molar-refractivity contribution in [3.05, 3.63) is 80.5 Å². The highest BCUT2D eigenvalue weighted by molar-refractivity contribution is 9.11. The van der Waals surface area contributed by atoms with Crippen molar-refractivity contribution in [3.8, 4) is 0 Å². The normalized spacial score (nSPS) is 18.2. The molecule has 3 aromatic rings. The number of thioether (sulfide) groups is 1. The number of para-hydroxylation sites is 1. The highest BCUT2D eigenvalue weighted by atomic mass is 79.9. The van der Waals surface area contributed by atoms with Gasteiger partial charge in [-0.25, -0.2) is 8.78 Å². The molecule has 0 radical (unpaired) electrons. The molecular weight excluding hydrogens is 560 g/mol. The lowest BCUT2D eigenvalue weighted by atomic mass is 10.0. The highest BCUT2D eigenvalue weighted by Gasteiger charge is 2.44. The first-order chi connectivity index (χ1) is 16.6. The second kappa shape index (κ2) is 10.5. The lowest BCUT2D eigenvalue weighted by molar-refractivity contribution is -0.144. The maximum atomic E-state index is 13.8. The van der Waals surface area contributed by atoms with Crippen LogP contribution in [0.3, 0.4) is 0 Å². The van der Waals surface area contributed by atoms with Gasteiger partial charge >= 0.3 is 0 Å². The third kappa shape index (κ3) is 5.57. The molecule has 2 aromatic carbocycles. The molecule has 0 fully saturated rings. The summed E-state index contributed by atoms with van der Waals surface area (Å²) in [4.78, 5) is 42.2. The van der Waals surface area contributed by atoms with Crippen LogP contribution in [-0.4, -0.2) is 34.7 Å². The van der Waals surface area contributed by atoms with Crippen molar-refractivity contribution < 1.29 is 23.2 Å². The Hall–Kier alpha value is -2.76. The lowest BCUT2D eigenvalue weighted by Crippen LogP contribution is -2.57. The van der Waals surface area contributed by atoms with Crippen molar-refractivity contribution in [2.45, 2.75) is 35.6 Å². The first-order valence-corrected chi connectivity index (χ1v) is 13.0. The molecule has 4 rings (SSSR count). The summed E-state index contributed by atoms with van der Waals surface area (Å²) >= 11 is 6.23. The van der Waals surface area contributed by atoms with E-state index >= 15 is 0 Å². The Balaban J connectivity index is 1.80. The van der Waals surface area contributed by atoms with Crippen molar-refractivity contribution in [1.82, 2.24) is 4.90 Å². The van der Waals surface area contributed by atoms with Gasteiger partial charge < -0.3 is 16.0 Å². The molecule has 0 unspecified atom stereocenters. The molecule has 6 nitrogen and oxygen atoms in total. The SMILES string of the molecule is C[C@@H](C(N)=O)N(C(=O)Cc1cc(F)cc(F)c1)[C@@H]1C(=O)Nc2ccccc2S[C@@H]1c1ccc(Br)s1. The number of carbonyl (C=O) groups is 3. The third-order valence-corrected chi connectivity index (χ3v) is 8.75. The second-order valence-electron chi connectivity index (χ2n) is 7.94. The minimum atomic E-state index is -1.16. The number of nitrogens with one attached hydrogen (secondary N) is 1. The number of anilines is 1. The van der Waals surface area contributed by atoms with Crippen LogP contribution in [0.2, 0.25) is 0 Å². The quantitative estimate of drug-likeness (QED) is 0.435. The van der Waals surface area contributed by atoms with Crippen LogP contribution in [0.25, 0.3) is 0 Å². The Morgan fingerprint density at radius 2 is 1.83 bits per heavy atom. The van der Waals surface area contributed by atoms with Crippen LogP contribution in [0.5, 0.6) is 0 Å². The number of fused-ring (bicyclic) bond motifs is 1. The molecule has 0 aliphatic carbocycles. The fourth-order valence-electron chi connectivity index (χ4n) is 3.91. The molecule has 1 aromatic heterocycles. The molecule has 2 heterocycles. The number of primary amides is 1. The summed E-state index contributed by atoms with van der Waals surface area (Å²) in [5.41, 5.74) is 6.24. The number of carbonyl (C=O) groups excluding carboxylic acids is 3. The summed E-state index contributed by atoms with van der Waals surface area (Å²) in [7, 11) is 0. The molecule has 3 N–H and O–H groups in total. The van der Waals surface area contributed by atoms with Gasteiger partial charge in [0.2, 0.25) is 17.7 Å². The van der Waals surface area contributed by atoms with Gasteiger partial charge in [-0.2, -0.15) is 0 Å². The van der Waals surface area contributed by atoms with Crippen molar-refractivity contribution >= 4 is 62.4 Å². The smallest absolute Gasteiger partial charge is 0.248 e. The van der Waals surface area contributed by atoms with Gasteiger partial charge in [0.15, 0.2) is 0 Å². The van der Waals surface area contributed by atoms with Gasteiger partial charge in [-0.15, -0.1) is 23.1 Å². The molecule has 182 valence electrons. The number of amides is 3. The van der Waals surface area contributed by atoms with Gasteiger partial charge in [-0.1, -0.05) is 12.1 Å². The molecule has 35 heavy (non-hydrogen) atoms. The zero-order valence-corrected chi connectivity index (χ0v) is 21.6. The minimum Gasteiger partial charge on any atom is -0.368 e. The average molecular weight is 580 g/mol. The fourth-order valence-corrected chi connectivity index (χ4v) is 6.89. The predicted molar refractivity (Wildman–Crippen MR) is 135 cm³/mol. The number of nitrogens with zero attached hydrogens (tertiary/aromatic N) is 1. The maximum absolute atomic E-state index is 13.8. The summed E-state index contributed by atoms with van der Waals surface area (Å²) < 4.78 is 28.4. The van der Waals surface area contributed by atoms with Gasteiger partial charge in [-0.3, -0.25) is 14.4 Å². The van der Waals surface area contributed by atoms with E-state index in [2.05, 4.69) is 21.2 Å². The third-order valence-electron chi connectivity index (χ3n) is 5.52. The second-order valence-corrected chi connectivity index (χ2v) is 11.6. The number of hydrogen-bond acceptors (Lipinski definition) is 5. The zero-order chi connectivity index (χ0) is 25.3. The Morgan fingerprint density at radius 3 is 2.46 bits per heavy atom. The van der Waals surface area contributed by atoms with E-state index in [0.717, 1.165) is 30.6 Å². The van der Waals surface area contributed by atoms with Gasteiger partial charge in [0.25, 0.3) is 0 Å². The average Bonchev–Trinajstić information content (AvgIpc) is 3.15. The summed E-state index contributed by atoms with van der Waals surface area (Å²) in [6, 6.07) is 11.4. The number of nitrogens with two attached hydrogens (primary N) is 1. The van der Waals surface area contributed by atoms with E-state index in [-0.39, 0.29) is 5.56 Å². The van der Waals surface area contributed by atoms with Gasteiger partial charge in [0, 0.05) is 15.8 Å². The predicted octanol–water partition coefficient (Wildman–Crippen LogP) is 4.89. The van der Waals surface area contributed by atoms with Crippen LogP contribution in [-0.2, 0) is 20.8 Å². The topological polar surface area (TPSA) is 92.5 Å². The van der Waals surface area contributed by atoms with Crippen LogP contribution in [0.4, 0.5) is 14.5 Å². The maximum Gasteiger partial charge on any atom is 0.248 e. The number of thiophene rings is 1. The molecule has 11 heteroatoms. The number of rotatable bonds is 6. The largest absolute Gasteiger partial charge is 0.368 e.